The van der Waals surface area contributed by atoms with Gasteiger partial charge < -0.3 is 10.6 Å². The standard InChI is InChI=1S/C7H12O.H2O/c1-4-7(8,5-2)6-3;/h1,8H,5-6H2,2-3H3;1H2. The number of hydrogen-bond acceptors (Lipinski definition) is 1. The minimum absolute atomic E-state index is 0. The van der Waals surface area contributed by atoms with E-state index in [1.807, 2.05) is 13.8 Å². The largest absolute Gasteiger partial charge is 0.412 e. The van der Waals surface area contributed by atoms with Crippen LogP contribution in [0.15, 0.2) is 0 Å². The molecular weight excluding hydrogens is 116 g/mol. The van der Waals surface area contributed by atoms with E-state index in [1.54, 1.807) is 0 Å². The smallest absolute Gasteiger partial charge is 0.124 e. The van der Waals surface area contributed by atoms with Gasteiger partial charge in [-0.05, 0) is 12.8 Å². The Kier molecular flexibility index (Phi) is 5.48. The second-order valence-corrected chi connectivity index (χ2v) is 1.88. The van der Waals surface area contributed by atoms with E-state index in [1.165, 1.54) is 0 Å². The summed E-state index contributed by atoms with van der Waals surface area (Å²) in [6.07, 6.45) is 6.31. The van der Waals surface area contributed by atoms with Crippen LogP contribution in [0, 0.1) is 12.3 Å². The van der Waals surface area contributed by atoms with Crippen LogP contribution in [0.5, 0.6) is 0 Å². The van der Waals surface area contributed by atoms with E-state index in [-0.39, 0.29) is 5.48 Å². The summed E-state index contributed by atoms with van der Waals surface area (Å²) in [5, 5.41) is 9.20. The van der Waals surface area contributed by atoms with Crippen molar-refractivity contribution in [3.05, 3.63) is 0 Å². The molecule has 0 aliphatic carbocycles. The summed E-state index contributed by atoms with van der Waals surface area (Å²) in [5.41, 5.74) is -0.847. The Morgan fingerprint density at radius 3 is 1.78 bits per heavy atom. The lowest BCUT2D eigenvalue weighted by molar-refractivity contribution is 0.0933. The molecule has 3 N–H and O–H groups in total. The van der Waals surface area contributed by atoms with Crippen molar-refractivity contribution in [2.75, 3.05) is 0 Å². The topological polar surface area (TPSA) is 51.7 Å². The van der Waals surface area contributed by atoms with Crippen LogP contribution in [0.25, 0.3) is 0 Å². The van der Waals surface area contributed by atoms with E-state index in [4.69, 9.17) is 6.42 Å². The molecule has 0 aliphatic heterocycles. The average molecular weight is 130 g/mol. The van der Waals surface area contributed by atoms with Crippen LogP contribution in [0.4, 0.5) is 0 Å². The van der Waals surface area contributed by atoms with Gasteiger partial charge >= 0.3 is 0 Å². The maximum absolute atomic E-state index is 9.20. The first kappa shape index (κ1) is 11.3. The lowest BCUT2D eigenvalue weighted by Crippen LogP contribution is -2.23. The van der Waals surface area contributed by atoms with Gasteiger partial charge in [0.05, 0.1) is 0 Å². The number of aliphatic hydroxyl groups is 1. The number of rotatable bonds is 2. The Morgan fingerprint density at radius 2 is 1.78 bits per heavy atom. The zero-order chi connectivity index (χ0) is 6.62. The van der Waals surface area contributed by atoms with Gasteiger partial charge in [0.2, 0.25) is 0 Å². The Hall–Kier alpha value is -0.520. The van der Waals surface area contributed by atoms with E-state index in [0.717, 1.165) is 0 Å². The molecule has 0 radical (unpaired) electrons. The number of hydrogen-bond donors (Lipinski definition) is 1. The summed E-state index contributed by atoms with van der Waals surface area (Å²) >= 11 is 0. The molecule has 0 spiro atoms. The molecule has 0 aromatic heterocycles. The van der Waals surface area contributed by atoms with Gasteiger partial charge in [0.15, 0.2) is 0 Å². The molecule has 0 saturated carbocycles. The van der Waals surface area contributed by atoms with Gasteiger partial charge in [-0.25, -0.2) is 0 Å². The van der Waals surface area contributed by atoms with Crippen LogP contribution >= 0.6 is 0 Å². The van der Waals surface area contributed by atoms with Gasteiger partial charge in [-0.2, -0.15) is 0 Å². The predicted molar refractivity (Wildman–Crippen MR) is 38.0 cm³/mol. The number of terminal acetylenes is 1. The lowest BCUT2D eigenvalue weighted by Gasteiger charge is -2.16. The Bertz CT molecular complexity index is 98.0. The molecule has 0 fully saturated rings. The fraction of sp³-hybridized carbons (Fsp3) is 0.714. The van der Waals surface area contributed by atoms with Crippen molar-refractivity contribution in [3.63, 3.8) is 0 Å². The van der Waals surface area contributed by atoms with Gasteiger partial charge in [-0.3, -0.25) is 0 Å². The minimum Gasteiger partial charge on any atom is -0.412 e. The van der Waals surface area contributed by atoms with Crippen molar-refractivity contribution >= 4 is 0 Å². The molecule has 0 amide bonds. The summed E-state index contributed by atoms with van der Waals surface area (Å²) in [6, 6.07) is 0. The molecule has 0 aliphatic rings. The van der Waals surface area contributed by atoms with Crippen LogP contribution in [0.2, 0.25) is 0 Å². The summed E-state index contributed by atoms with van der Waals surface area (Å²) in [7, 11) is 0. The molecule has 2 heteroatoms. The van der Waals surface area contributed by atoms with E-state index >= 15 is 0 Å². The second kappa shape index (κ2) is 4.37. The van der Waals surface area contributed by atoms with E-state index in [2.05, 4.69) is 5.92 Å². The SMILES string of the molecule is C#CC(O)(CC)CC.O. The third kappa shape index (κ3) is 3.12. The van der Waals surface area contributed by atoms with Crippen molar-refractivity contribution in [3.8, 4) is 12.3 Å². The lowest BCUT2D eigenvalue weighted by atomic mass is 9.99. The maximum atomic E-state index is 9.20. The fourth-order valence-electron chi connectivity index (χ4n) is 0.454. The highest BCUT2D eigenvalue weighted by Gasteiger charge is 2.16. The minimum atomic E-state index is -0.847. The monoisotopic (exact) mass is 130 g/mol. The molecule has 0 bridgehead atoms. The van der Waals surface area contributed by atoms with Gasteiger partial charge in [-0.15, -0.1) is 6.42 Å². The highest BCUT2D eigenvalue weighted by atomic mass is 16.3. The van der Waals surface area contributed by atoms with Crippen molar-refractivity contribution in [2.45, 2.75) is 32.3 Å². The Labute approximate surface area is 56.2 Å². The highest BCUT2D eigenvalue weighted by molar-refractivity contribution is 5.05. The molecule has 0 aromatic rings. The molecule has 0 aromatic carbocycles. The van der Waals surface area contributed by atoms with E-state index in [0.29, 0.717) is 12.8 Å². The molecule has 0 rings (SSSR count). The maximum Gasteiger partial charge on any atom is 0.124 e. The molecule has 0 saturated heterocycles. The first-order valence-electron chi connectivity index (χ1n) is 2.88. The first-order chi connectivity index (χ1) is 3.68. The van der Waals surface area contributed by atoms with Gasteiger partial charge in [-0.1, -0.05) is 19.8 Å². The third-order valence-corrected chi connectivity index (χ3v) is 1.44. The Morgan fingerprint density at radius 1 is 1.44 bits per heavy atom. The van der Waals surface area contributed by atoms with Crippen molar-refractivity contribution in [1.29, 1.82) is 0 Å². The van der Waals surface area contributed by atoms with E-state index < -0.39 is 5.60 Å². The van der Waals surface area contributed by atoms with Crippen LogP contribution < -0.4 is 0 Å². The molecule has 0 unspecified atom stereocenters. The summed E-state index contributed by atoms with van der Waals surface area (Å²) in [4.78, 5) is 0. The summed E-state index contributed by atoms with van der Waals surface area (Å²) in [5.74, 6) is 2.33. The zero-order valence-corrected chi connectivity index (χ0v) is 5.94. The van der Waals surface area contributed by atoms with Gasteiger partial charge in [0, 0.05) is 0 Å². The quantitative estimate of drug-likeness (QED) is 0.538. The molecule has 0 atom stereocenters. The normalized spacial score (nSPS) is 9.56. The molecule has 9 heavy (non-hydrogen) atoms. The zero-order valence-electron chi connectivity index (χ0n) is 5.94. The summed E-state index contributed by atoms with van der Waals surface area (Å²) in [6.45, 7) is 3.76. The van der Waals surface area contributed by atoms with E-state index in [9.17, 15) is 5.11 Å². The summed E-state index contributed by atoms with van der Waals surface area (Å²) < 4.78 is 0. The Balaban J connectivity index is 0. The van der Waals surface area contributed by atoms with Crippen LogP contribution in [0.3, 0.4) is 0 Å². The van der Waals surface area contributed by atoms with Crippen molar-refractivity contribution < 1.29 is 10.6 Å². The van der Waals surface area contributed by atoms with Crippen molar-refractivity contribution in [2.24, 2.45) is 0 Å². The predicted octanol–water partition coefficient (Wildman–Crippen LogP) is 0.346. The second-order valence-electron chi connectivity index (χ2n) is 1.88. The van der Waals surface area contributed by atoms with Crippen LogP contribution in [0.1, 0.15) is 26.7 Å². The van der Waals surface area contributed by atoms with Crippen molar-refractivity contribution in [1.82, 2.24) is 0 Å². The van der Waals surface area contributed by atoms with Crippen LogP contribution in [-0.2, 0) is 0 Å². The van der Waals surface area contributed by atoms with Gasteiger partial charge in [0.1, 0.15) is 5.60 Å². The average Bonchev–Trinajstić information content (AvgIpc) is 1.87. The fourth-order valence-corrected chi connectivity index (χ4v) is 0.454. The third-order valence-electron chi connectivity index (χ3n) is 1.44. The first-order valence-corrected chi connectivity index (χ1v) is 2.88. The molecular formula is C7H14O2. The molecule has 2 nitrogen and oxygen atoms in total. The highest BCUT2D eigenvalue weighted by Crippen LogP contribution is 2.11. The molecule has 54 valence electrons. The van der Waals surface area contributed by atoms with Crippen LogP contribution in [-0.4, -0.2) is 16.2 Å². The van der Waals surface area contributed by atoms with Gasteiger partial charge in [0.25, 0.3) is 0 Å². The molecule has 0 heterocycles.